The van der Waals surface area contributed by atoms with Crippen molar-refractivity contribution in [3.63, 3.8) is 0 Å². The van der Waals surface area contributed by atoms with Crippen molar-refractivity contribution < 1.29 is 4.74 Å². The number of benzene rings is 1. The molecule has 2 nitrogen and oxygen atoms in total. The zero-order valence-electron chi connectivity index (χ0n) is 10.6. The van der Waals surface area contributed by atoms with Crippen LogP contribution >= 0.6 is 0 Å². The van der Waals surface area contributed by atoms with Gasteiger partial charge in [0.15, 0.2) is 0 Å². The van der Waals surface area contributed by atoms with E-state index < -0.39 is 0 Å². The van der Waals surface area contributed by atoms with Gasteiger partial charge in [0.05, 0.1) is 6.61 Å². The van der Waals surface area contributed by atoms with E-state index >= 15 is 0 Å². The molecule has 0 bridgehead atoms. The molecule has 2 heteroatoms. The van der Waals surface area contributed by atoms with Crippen LogP contribution in [0.4, 0.5) is 0 Å². The molecule has 0 heterocycles. The third-order valence-corrected chi connectivity index (χ3v) is 2.52. The van der Waals surface area contributed by atoms with E-state index in [-0.39, 0.29) is 0 Å². The Kier molecular flexibility index (Phi) is 4.97. The van der Waals surface area contributed by atoms with Gasteiger partial charge in [0.25, 0.3) is 0 Å². The molecular weight excluding hydrogens is 198 g/mol. The third-order valence-electron chi connectivity index (χ3n) is 2.52. The molecule has 0 aliphatic heterocycles. The molecule has 0 aliphatic rings. The molecule has 0 saturated carbocycles. The van der Waals surface area contributed by atoms with Gasteiger partial charge in [-0.2, -0.15) is 0 Å². The maximum absolute atomic E-state index is 5.64. The van der Waals surface area contributed by atoms with Gasteiger partial charge in [0.2, 0.25) is 0 Å². The van der Waals surface area contributed by atoms with Crippen molar-refractivity contribution in [1.82, 2.24) is 0 Å². The van der Waals surface area contributed by atoms with E-state index in [2.05, 4.69) is 45.0 Å². The number of ether oxygens (including phenoxy) is 1. The summed E-state index contributed by atoms with van der Waals surface area (Å²) in [6.07, 6.45) is 1.09. The van der Waals surface area contributed by atoms with Gasteiger partial charge in [-0.05, 0) is 23.0 Å². The van der Waals surface area contributed by atoms with Crippen LogP contribution in [0.2, 0.25) is 0 Å². The molecule has 0 amide bonds. The SMILES string of the molecule is CC(C)(C)CCOCc1ccc(CN)cc1. The Labute approximate surface area is 98.8 Å². The van der Waals surface area contributed by atoms with E-state index in [9.17, 15) is 0 Å². The molecular formula is C14H23NO. The lowest BCUT2D eigenvalue weighted by Crippen LogP contribution is -2.09. The molecule has 0 unspecified atom stereocenters. The van der Waals surface area contributed by atoms with Gasteiger partial charge in [-0.25, -0.2) is 0 Å². The first-order chi connectivity index (χ1) is 7.51. The molecule has 0 saturated heterocycles. The van der Waals surface area contributed by atoms with E-state index in [1.807, 2.05) is 0 Å². The summed E-state index contributed by atoms with van der Waals surface area (Å²) in [5.41, 5.74) is 8.27. The van der Waals surface area contributed by atoms with Crippen LogP contribution in [0.15, 0.2) is 24.3 Å². The van der Waals surface area contributed by atoms with Crippen molar-refractivity contribution >= 4 is 0 Å². The average Bonchev–Trinajstić information content (AvgIpc) is 2.24. The zero-order valence-corrected chi connectivity index (χ0v) is 10.6. The van der Waals surface area contributed by atoms with Crippen LogP contribution in [0.3, 0.4) is 0 Å². The summed E-state index contributed by atoms with van der Waals surface area (Å²) in [4.78, 5) is 0. The second-order valence-corrected chi connectivity index (χ2v) is 5.38. The lowest BCUT2D eigenvalue weighted by molar-refractivity contribution is 0.0962. The fraction of sp³-hybridized carbons (Fsp3) is 0.571. The quantitative estimate of drug-likeness (QED) is 0.775. The van der Waals surface area contributed by atoms with Crippen LogP contribution < -0.4 is 5.73 Å². The molecule has 0 spiro atoms. The largest absolute Gasteiger partial charge is 0.377 e. The van der Waals surface area contributed by atoms with E-state index in [4.69, 9.17) is 10.5 Å². The topological polar surface area (TPSA) is 35.2 Å². The molecule has 0 radical (unpaired) electrons. The van der Waals surface area contributed by atoms with Crippen molar-refractivity contribution in [2.75, 3.05) is 6.61 Å². The van der Waals surface area contributed by atoms with Crippen LogP contribution in [0, 0.1) is 5.41 Å². The molecule has 16 heavy (non-hydrogen) atoms. The van der Waals surface area contributed by atoms with Crippen LogP contribution in [-0.2, 0) is 17.9 Å². The van der Waals surface area contributed by atoms with E-state index in [1.165, 1.54) is 11.1 Å². The normalized spacial score (nSPS) is 11.8. The second-order valence-electron chi connectivity index (χ2n) is 5.38. The molecule has 0 atom stereocenters. The first-order valence-corrected chi connectivity index (χ1v) is 5.87. The van der Waals surface area contributed by atoms with Gasteiger partial charge < -0.3 is 10.5 Å². The maximum atomic E-state index is 5.64. The summed E-state index contributed by atoms with van der Waals surface area (Å²) in [6, 6.07) is 8.28. The Bertz CT molecular complexity index is 298. The van der Waals surface area contributed by atoms with Crippen LogP contribution in [0.5, 0.6) is 0 Å². The summed E-state index contributed by atoms with van der Waals surface area (Å²) in [5.74, 6) is 0. The molecule has 1 aromatic carbocycles. The lowest BCUT2D eigenvalue weighted by Gasteiger charge is -2.17. The fourth-order valence-corrected chi connectivity index (χ4v) is 1.34. The Morgan fingerprint density at radius 3 is 2.12 bits per heavy atom. The summed E-state index contributed by atoms with van der Waals surface area (Å²) < 4.78 is 5.64. The highest BCUT2D eigenvalue weighted by Crippen LogP contribution is 2.18. The van der Waals surface area contributed by atoms with E-state index in [0.29, 0.717) is 18.6 Å². The van der Waals surface area contributed by atoms with Gasteiger partial charge in [-0.15, -0.1) is 0 Å². The van der Waals surface area contributed by atoms with Crippen LogP contribution in [0.25, 0.3) is 0 Å². The Hall–Kier alpha value is -0.860. The third kappa shape index (κ3) is 5.29. The zero-order chi connectivity index (χ0) is 12.0. The Balaban J connectivity index is 2.27. The lowest BCUT2D eigenvalue weighted by atomic mass is 9.93. The minimum absolute atomic E-state index is 0.351. The van der Waals surface area contributed by atoms with Gasteiger partial charge in [0, 0.05) is 13.2 Å². The fourth-order valence-electron chi connectivity index (χ4n) is 1.34. The highest BCUT2D eigenvalue weighted by Gasteiger charge is 2.09. The Morgan fingerprint density at radius 1 is 1.06 bits per heavy atom. The van der Waals surface area contributed by atoms with E-state index in [1.54, 1.807) is 0 Å². The van der Waals surface area contributed by atoms with Crippen molar-refractivity contribution in [3.05, 3.63) is 35.4 Å². The molecule has 90 valence electrons. The monoisotopic (exact) mass is 221 g/mol. The van der Waals surface area contributed by atoms with Gasteiger partial charge >= 0.3 is 0 Å². The van der Waals surface area contributed by atoms with Gasteiger partial charge in [-0.1, -0.05) is 45.0 Å². The number of nitrogens with two attached hydrogens (primary N) is 1. The van der Waals surface area contributed by atoms with Gasteiger partial charge in [-0.3, -0.25) is 0 Å². The first-order valence-electron chi connectivity index (χ1n) is 5.87. The maximum Gasteiger partial charge on any atom is 0.0716 e. The molecule has 1 rings (SSSR count). The Morgan fingerprint density at radius 2 is 1.62 bits per heavy atom. The van der Waals surface area contributed by atoms with Crippen molar-refractivity contribution in [2.24, 2.45) is 11.1 Å². The molecule has 1 aromatic rings. The minimum atomic E-state index is 0.351. The predicted octanol–water partition coefficient (Wildman–Crippen LogP) is 3.10. The second kappa shape index (κ2) is 6.02. The molecule has 0 aliphatic carbocycles. The number of hydrogen-bond donors (Lipinski definition) is 1. The summed E-state index contributed by atoms with van der Waals surface area (Å²) in [6.45, 7) is 8.81. The van der Waals surface area contributed by atoms with E-state index in [0.717, 1.165) is 13.0 Å². The molecule has 2 N–H and O–H groups in total. The highest BCUT2D eigenvalue weighted by molar-refractivity contribution is 5.21. The molecule has 0 fully saturated rings. The number of hydrogen-bond acceptors (Lipinski definition) is 2. The first kappa shape index (κ1) is 13.2. The van der Waals surface area contributed by atoms with Crippen LogP contribution in [0.1, 0.15) is 38.3 Å². The minimum Gasteiger partial charge on any atom is -0.377 e. The summed E-state index contributed by atoms with van der Waals surface area (Å²) in [7, 11) is 0. The number of rotatable bonds is 5. The summed E-state index contributed by atoms with van der Waals surface area (Å²) >= 11 is 0. The van der Waals surface area contributed by atoms with Crippen LogP contribution in [-0.4, -0.2) is 6.61 Å². The summed E-state index contributed by atoms with van der Waals surface area (Å²) in [5, 5.41) is 0. The highest BCUT2D eigenvalue weighted by atomic mass is 16.5. The average molecular weight is 221 g/mol. The predicted molar refractivity (Wildman–Crippen MR) is 68.1 cm³/mol. The van der Waals surface area contributed by atoms with Crippen molar-refractivity contribution in [1.29, 1.82) is 0 Å². The van der Waals surface area contributed by atoms with Gasteiger partial charge in [0.1, 0.15) is 0 Å². The molecule has 0 aromatic heterocycles. The van der Waals surface area contributed by atoms with Crippen molar-refractivity contribution in [3.8, 4) is 0 Å². The van der Waals surface area contributed by atoms with Crippen molar-refractivity contribution in [2.45, 2.75) is 40.3 Å². The smallest absolute Gasteiger partial charge is 0.0716 e. The standard InChI is InChI=1S/C14H23NO/c1-14(2,3)8-9-16-11-13-6-4-12(10-15)5-7-13/h4-7H,8-11,15H2,1-3H3.